The fourth-order valence-electron chi connectivity index (χ4n) is 2.29. The Kier molecular flexibility index (Phi) is 5.79. The summed E-state index contributed by atoms with van der Waals surface area (Å²) in [5, 5.41) is 5.33. The summed E-state index contributed by atoms with van der Waals surface area (Å²) in [6, 6.07) is 2.25. The number of rotatable bonds is 9. The molecule has 1 heterocycles. The molecular weight excluding hydrogens is 308 g/mol. The van der Waals surface area contributed by atoms with Crippen LogP contribution in [0, 0.1) is 0 Å². The van der Waals surface area contributed by atoms with E-state index in [0.29, 0.717) is 23.4 Å². The molecular formula is C14H24N2O3S2. The van der Waals surface area contributed by atoms with E-state index in [2.05, 4.69) is 5.32 Å². The van der Waals surface area contributed by atoms with Gasteiger partial charge in [0.25, 0.3) is 10.0 Å². The van der Waals surface area contributed by atoms with E-state index in [1.807, 2.05) is 19.2 Å². The van der Waals surface area contributed by atoms with Crippen molar-refractivity contribution in [3.63, 3.8) is 0 Å². The van der Waals surface area contributed by atoms with E-state index in [1.165, 1.54) is 28.5 Å². The van der Waals surface area contributed by atoms with Crippen LogP contribution in [-0.4, -0.2) is 45.1 Å². The molecule has 0 spiro atoms. The minimum atomic E-state index is -3.43. The van der Waals surface area contributed by atoms with Gasteiger partial charge in [-0.1, -0.05) is 6.92 Å². The molecule has 0 aromatic carbocycles. The smallest absolute Gasteiger partial charge is 0.252 e. The molecule has 0 radical (unpaired) electrons. The van der Waals surface area contributed by atoms with Crippen molar-refractivity contribution in [1.82, 2.24) is 9.62 Å². The van der Waals surface area contributed by atoms with Gasteiger partial charge in [0.15, 0.2) is 0 Å². The Morgan fingerprint density at radius 3 is 2.81 bits per heavy atom. The number of methoxy groups -OCH3 is 1. The summed E-state index contributed by atoms with van der Waals surface area (Å²) in [5.74, 6) is 0. The Labute approximate surface area is 131 Å². The van der Waals surface area contributed by atoms with Crippen LogP contribution >= 0.6 is 11.3 Å². The zero-order valence-electron chi connectivity index (χ0n) is 12.8. The van der Waals surface area contributed by atoms with Crippen molar-refractivity contribution in [2.75, 3.05) is 20.3 Å². The molecule has 0 bridgehead atoms. The van der Waals surface area contributed by atoms with Crippen molar-refractivity contribution >= 4 is 21.4 Å². The van der Waals surface area contributed by atoms with Crippen LogP contribution in [0.2, 0.25) is 0 Å². The first-order valence-electron chi connectivity index (χ1n) is 7.30. The minimum Gasteiger partial charge on any atom is -0.383 e. The molecule has 2 rings (SSSR count). The molecule has 1 atom stereocenters. The normalized spacial score (nSPS) is 17.3. The molecule has 120 valence electrons. The van der Waals surface area contributed by atoms with E-state index < -0.39 is 10.0 Å². The van der Waals surface area contributed by atoms with Gasteiger partial charge in [-0.3, -0.25) is 0 Å². The number of hydrogen-bond donors (Lipinski definition) is 1. The minimum absolute atomic E-state index is 0.167. The van der Waals surface area contributed by atoms with Gasteiger partial charge in [0.1, 0.15) is 4.21 Å². The topological polar surface area (TPSA) is 58.6 Å². The van der Waals surface area contributed by atoms with Gasteiger partial charge in [0, 0.05) is 32.3 Å². The van der Waals surface area contributed by atoms with Crippen molar-refractivity contribution in [3.8, 4) is 0 Å². The molecule has 1 aliphatic carbocycles. The molecule has 0 saturated heterocycles. The van der Waals surface area contributed by atoms with Crippen molar-refractivity contribution in [2.45, 2.75) is 49.5 Å². The van der Waals surface area contributed by atoms with Crippen LogP contribution in [0.3, 0.4) is 0 Å². The molecule has 1 unspecified atom stereocenters. The maximum Gasteiger partial charge on any atom is 0.252 e. The Balaban J connectivity index is 2.09. The molecule has 1 aromatic heterocycles. The third-order valence-corrected chi connectivity index (χ3v) is 7.13. The second-order valence-corrected chi connectivity index (χ2v) is 8.47. The van der Waals surface area contributed by atoms with Crippen molar-refractivity contribution in [2.24, 2.45) is 0 Å². The van der Waals surface area contributed by atoms with Gasteiger partial charge in [-0.25, -0.2) is 8.42 Å². The van der Waals surface area contributed by atoms with E-state index in [0.717, 1.165) is 12.1 Å². The number of ether oxygens (including phenoxy) is 1. The van der Waals surface area contributed by atoms with Crippen molar-refractivity contribution in [1.29, 1.82) is 0 Å². The molecule has 1 aromatic rings. The van der Waals surface area contributed by atoms with Gasteiger partial charge in [-0.15, -0.1) is 11.3 Å². The average Bonchev–Trinajstić information content (AvgIpc) is 3.13. The van der Waals surface area contributed by atoms with Gasteiger partial charge < -0.3 is 10.1 Å². The number of thiophene rings is 1. The number of hydrogen-bond acceptors (Lipinski definition) is 5. The molecule has 0 amide bonds. The van der Waals surface area contributed by atoms with Crippen LogP contribution < -0.4 is 5.32 Å². The molecule has 1 saturated carbocycles. The molecule has 1 aliphatic rings. The number of nitrogens with one attached hydrogen (secondary N) is 1. The lowest BCUT2D eigenvalue weighted by Crippen LogP contribution is -2.40. The molecule has 1 N–H and O–H groups in total. The highest BCUT2D eigenvalue weighted by Crippen LogP contribution is 2.26. The number of nitrogens with zero attached hydrogens (tertiary/aromatic N) is 1. The van der Waals surface area contributed by atoms with Crippen LogP contribution in [0.4, 0.5) is 0 Å². The highest BCUT2D eigenvalue weighted by atomic mass is 32.2. The Hall–Kier alpha value is -0.470. The fourth-order valence-corrected chi connectivity index (χ4v) is 5.25. The van der Waals surface area contributed by atoms with Crippen molar-refractivity contribution in [3.05, 3.63) is 17.0 Å². The summed E-state index contributed by atoms with van der Waals surface area (Å²) in [7, 11) is -1.84. The SMILES string of the molecule is CCN(C(C)COC)S(=O)(=O)c1cc(CNC2CC2)cs1. The van der Waals surface area contributed by atoms with Crippen LogP contribution in [-0.2, 0) is 21.3 Å². The predicted molar refractivity (Wildman–Crippen MR) is 85.1 cm³/mol. The summed E-state index contributed by atoms with van der Waals surface area (Å²) in [6.45, 7) is 5.31. The molecule has 1 fully saturated rings. The van der Waals surface area contributed by atoms with Crippen LogP contribution in [0.15, 0.2) is 15.7 Å². The van der Waals surface area contributed by atoms with E-state index in [4.69, 9.17) is 4.74 Å². The lowest BCUT2D eigenvalue weighted by Gasteiger charge is -2.25. The Bertz CT molecular complexity index is 552. The molecule has 5 nitrogen and oxygen atoms in total. The van der Waals surface area contributed by atoms with Crippen LogP contribution in [0.5, 0.6) is 0 Å². The van der Waals surface area contributed by atoms with Gasteiger partial charge >= 0.3 is 0 Å². The first kappa shape index (κ1) is 16.9. The summed E-state index contributed by atoms with van der Waals surface area (Å²) in [4.78, 5) is 0. The quantitative estimate of drug-likeness (QED) is 0.752. The second-order valence-electron chi connectivity index (χ2n) is 5.44. The largest absolute Gasteiger partial charge is 0.383 e. The Morgan fingerprint density at radius 1 is 1.52 bits per heavy atom. The summed E-state index contributed by atoms with van der Waals surface area (Å²) < 4.78 is 32.4. The average molecular weight is 332 g/mol. The first-order chi connectivity index (χ1) is 9.98. The molecule has 0 aliphatic heterocycles. The van der Waals surface area contributed by atoms with Crippen molar-refractivity contribution < 1.29 is 13.2 Å². The standard InChI is InChI=1S/C14H24N2O3S2/c1-4-16(11(2)9-19-3)21(17,18)14-7-12(10-20-14)8-15-13-5-6-13/h7,10-11,13,15H,4-6,8-9H2,1-3H3. The predicted octanol–water partition coefficient (Wildman–Crippen LogP) is 2.05. The van der Waals surface area contributed by atoms with Gasteiger partial charge in [-0.05, 0) is 36.8 Å². The summed E-state index contributed by atoms with van der Waals surface area (Å²) in [6.07, 6.45) is 2.46. The second kappa shape index (κ2) is 7.19. The zero-order chi connectivity index (χ0) is 15.5. The van der Waals surface area contributed by atoms with Crippen LogP contribution in [0.1, 0.15) is 32.3 Å². The Morgan fingerprint density at radius 2 is 2.24 bits per heavy atom. The lowest BCUT2D eigenvalue weighted by atomic mass is 10.3. The lowest BCUT2D eigenvalue weighted by molar-refractivity contribution is 0.143. The van der Waals surface area contributed by atoms with E-state index in [1.54, 1.807) is 13.2 Å². The van der Waals surface area contributed by atoms with Gasteiger partial charge in [0.05, 0.1) is 6.61 Å². The van der Waals surface area contributed by atoms with Gasteiger partial charge in [0.2, 0.25) is 0 Å². The maximum atomic E-state index is 12.7. The summed E-state index contributed by atoms with van der Waals surface area (Å²) in [5.41, 5.74) is 1.04. The third kappa shape index (κ3) is 4.26. The van der Waals surface area contributed by atoms with E-state index in [-0.39, 0.29) is 6.04 Å². The zero-order valence-corrected chi connectivity index (χ0v) is 14.5. The first-order valence-corrected chi connectivity index (χ1v) is 9.62. The highest BCUT2D eigenvalue weighted by molar-refractivity contribution is 7.91. The summed E-state index contributed by atoms with van der Waals surface area (Å²) >= 11 is 1.30. The van der Waals surface area contributed by atoms with E-state index in [9.17, 15) is 8.42 Å². The fraction of sp³-hybridized carbons (Fsp3) is 0.714. The highest BCUT2D eigenvalue weighted by Gasteiger charge is 2.29. The number of likely N-dealkylation sites (N-methyl/N-ethyl adjacent to an activating group) is 1. The number of sulfonamides is 1. The third-order valence-electron chi connectivity index (χ3n) is 3.58. The van der Waals surface area contributed by atoms with E-state index >= 15 is 0 Å². The maximum absolute atomic E-state index is 12.7. The van der Waals surface area contributed by atoms with Crippen LogP contribution in [0.25, 0.3) is 0 Å². The monoisotopic (exact) mass is 332 g/mol. The molecule has 7 heteroatoms. The van der Waals surface area contributed by atoms with Gasteiger partial charge in [-0.2, -0.15) is 4.31 Å². The molecule has 21 heavy (non-hydrogen) atoms.